The van der Waals surface area contributed by atoms with Crippen molar-refractivity contribution in [1.29, 1.82) is 0 Å². The highest BCUT2D eigenvalue weighted by Crippen LogP contribution is 2.44. The monoisotopic (exact) mass is 466 g/mol. The Kier molecular flexibility index (Phi) is 4.33. The van der Waals surface area contributed by atoms with Gasteiger partial charge in [0.1, 0.15) is 11.5 Å². The topological polar surface area (TPSA) is 70.1 Å². The summed E-state index contributed by atoms with van der Waals surface area (Å²) in [4.78, 5) is 23.9. The third kappa shape index (κ3) is 3.01. The number of aryl methyl sites for hydroxylation is 2. The Hall–Kier alpha value is -3.82. The summed E-state index contributed by atoms with van der Waals surface area (Å²) < 4.78 is 44.5. The van der Waals surface area contributed by atoms with E-state index in [1.54, 1.807) is 49.5 Å². The summed E-state index contributed by atoms with van der Waals surface area (Å²) >= 11 is 0. The van der Waals surface area contributed by atoms with Gasteiger partial charge in [-0.05, 0) is 37.3 Å². The highest BCUT2D eigenvalue weighted by atomic mass is 19.3. The number of imidazole rings is 1. The van der Waals surface area contributed by atoms with E-state index in [9.17, 15) is 13.6 Å². The molecule has 0 spiro atoms. The van der Waals surface area contributed by atoms with Crippen LogP contribution in [0.25, 0.3) is 11.0 Å². The molecule has 0 saturated carbocycles. The second kappa shape index (κ2) is 7.09. The first-order chi connectivity index (χ1) is 16.2. The summed E-state index contributed by atoms with van der Waals surface area (Å²) in [6.45, 7) is 1.52. The maximum Gasteiger partial charge on any atom is 0.277 e. The van der Waals surface area contributed by atoms with Gasteiger partial charge in [-0.3, -0.25) is 14.4 Å². The van der Waals surface area contributed by atoms with E-state index in [0.29, 0.717) is 33.8 Å². The van der Waals surface area contributed by atoms with Gasteiger partial charge >= 0.3 is 0 Å². The van der Waals surface area contributed by atoms with Gasteiger partial charge in [-0.1, -0.05) is 6.07 Å². The lowest BCUT2D eigenvalue weighted by Crippen LogP contribution is -2.30. The van der Waals surface area contributed by atoms with Crippen molar-refractivity contribution in [2.75, 3.05) is 22.9 Å². The van der Waals surface area contributed by atoms with Crippen LogP contribution in [0.4, 0.5) is 24.5 Å². The van der Waals surface area contributed by atoms with Crippen molar-refractivity contribution < 1.29 is 18.0 Å². The van der Waals surface area contributed by atoms with Crippen molar-refractivity contribution in [1.82, 2.24) is 19.7 Å². The standard InChI is InChI=1S/C24H21F3N6O/c1-13-20-21(16-5-3-14(9-17(16)25)32-8-7-24(26,27)11-32)33(23(34)22(20)31(2)30-13)15-4-6-18-19(10-15)29-12-28-18/h3-6,9-10,12,21H,7-8,11H2,1-2H3,(H,28,29). The van der Waals surface area contributed by atoms with Crippen LogP contribution in [-0.2, 0) is 7.05 Å². The normalized spacial score (nSPS) is 19.4. The zero-order valence-corrected chi connectivity index (χ0v) is 18.5. The number of H-pyrrole nitrogens is 1. The SMILES string of the molecule is Cc1nn(C)c2c1C(c1ccc(N3CCC(F)(F)C3)cc1F)N(c1ccc3[nH]cnc3c1)C2=O. The summed E-state index contributed by atoms with van der Waals surface area (Å²) in [5.74, 6) is -3.63. The van der Waals surface area contributed by atoms with Gasteiger partial charge in [-0.15, -0.1) is 0 Å². The lowest BCUT2D eigenvalue weighted by atomic mass is 9.97. The fourth-order valence-electron chi connectivity index (χ4n) is 5.14. The number of aromatic amines is 1. The molecule has 2 aromatic carbocycles. The quantitative estimate of drug-likeness (QED) is 0.488. The second-order valence-electron chi connectivity index (χ2n) is 8.89. The smallest absolute Gasteiger partial charge is 0.277 e. The molecule has 6 rings (SSSR count). The first kappa shape index (κ1) is 20.8. The van der Waals surface area contributed by atoms with Crippen LogP contribution in [0, 0.1) is 12.7 Å². The largest absolute Gasteiger partial charge is 0.365 e. The third-order valence-corrected chi connectivity index (χ3v) is 6.72. The van der Waals surface area contributed by atoms with Gasteiger partial charge in [-0.25, -0.2) is 18.2 Å². The van der Waals surface area contributed by atoms with E-state index in [-0.39, 0.29) is 24.4 Å². The molecule has 2 aliphatic rings. The minimum absolute atomic E-state index is 0.162. The molecule has 10 heteroatoms. The second-order valence-corrected chi connectivity index (χ2v) is 8.89. The molecule has 1 fully saturated rings. The Morgan fingerprint density at radius 2 is 1.94 bits per heavy atom. The van der Waals surface area contributed by atoms with Gasteiger partial charge < -0.3 is 9.88 Å². The molecule has 4 aromatic rings. The van der Waals surface area contributed by atoms with Gasteiger partial charge in [0.25, 0.3) is 11.8 Å². The lowest BCUT2D eigenvalue weighted by molar-refractivity contribution is 0.0257. The summed E-state index contributed by atoms with van der Waals surface area (Å²) in [7, 11) is 1.69. The predicted molar refractivity (Wildman–Crippen MR) is 121 cm³/mol. The number of nitrogens with one attached hydrogen (secondary N) is 1. The number of rotatable bonds is 3. The van der Waals surface area contributed by atoms with Crippen LogP contribution in [0.1, 0.15) is 39.8 Å². The summed E-state index contributed by atoms with van der Waals surface area (Å²) in [5.41, 5.74) is 4.41. The van der Waals surface area contributed by atoms with Gasteiger partial charge in [0.05, 0.1) is 35.6 Å². The minimum Gasteiger partial charge on any atom is -0.365 e. The molecule has 0 bridgehead atoms. The molecule has 7 nitrogen and oxygen atoms in total. The molecule has 34 heavy (non-hydrogen) atoms. The molecule has 0 radical (unpaired) electrons. The molecule has 2 aromatic heterocycles. The third-order valence-electron chi connectivity index (χ3n) is 6.72. The number of aromatic nitrogens is 4. The Bertz CT molecular complexity index is 1460. The number of benzene rings is 2. The van der Waals surface area contributed by atoms with E-state index in [4.69, 9.17) is 0 Å². The summed E-state index contributed by atoms with van der Waals surface area (Å²) in [6, 6.07) is 9.15. The number of anilines is 2. The van der Waals surface area contributed by atoms with Crippen molar-refractivity contribution in [3.05, 3.63) is 71.1 Å². The molecule has 4 heterocycles. The molecule has 1 unspecified atom stereocenters. The highest BCUT2D eigenvalue weighted by molar-refractivity contribution is 6.11. The summed E-state index contributed by atoms with van der Waals surface area (Å²) in [5, 5.41) is 4.39. The highest BCUT2D eigenvalue weighted by Gasteiger charge is 2.44. The average molecular weight is 466 g/mol. The van der Waals surface area contributed by atoms with E-state index >= 15 is 4.39 Å². The Balaban J connectivity index is 1.47. The fraction of sp³-hybridized carbons (Fsp3) is 0.292. The number of hydrogen-bond acceptors (Lipinski definition) is 4. The van der Waals surface area contributed by atoms with E-state index in [0.717, 1.165) is 5.52 Å². The van der Waals surface area contributed by atoms with Crippen molar-refractivity contribution in [3.8, 4) is 0 Å². The van der Waals surface area contributed by atoms with Gasteiger partial charge in [0, 0.05) is 42.5 Å². The van der Waals surface area contributed by atoms with Gasteiger partial charge in [0.2, 0.25) is 0 Å². The predicted octanol–water partition coefficient (Wildman–Crippen LogP) is 4.34. The average Bonchev–Trinajstić information content (AvgIpc) is 3.53. The van der Waals surface area contributed by atoms with Crippen molar-refractivity contribution in [2.24, 2.45) is 7.05 Å². The maximum absolute atomic E-state index is 15.6. The number of nitrogens with zero attached hydrogens (tertiary/aromatic N) is 5. The molecular formula is C24H21F3N6O. The molecule has 174 valence electrons. The lowest BCUT2D eigenvalue weighted by Gasteiger charge is -2.27. The number of carbonyl (C=O) groups is 1. The van der Waals surface area contributed by atoms with Crippen LogP contribution in [0.5, 0.6) is 0 Å². The van der Waals surface area contributed by atoms with Gasteiger partial charge in [-0.2, -0.15) is 5.10 Å². The zero-order chi connectivity index (χ0) is 23.8. The van der Waals surface area contributed by atoms with Crippen molar-refractivity contribution in [2.45, 2.75) is 25.3 Å². The van der Waals surface area contributed by atoms with Crippen LogP contribution in [-0.4, -0.2) is 44.7 Å². The van der Waals surface area contributed by atoms with Crippen LogP contribution in [0.15, 0.2) is 42.7 Å². The first-order valence-corrected chi connectivity index (χ1v) is 11.0. The van der Waals surface area contributed by atoms with Crippen LogP contribution in [0.2, 0.25) is 0 Å². The van der Waals surface area contributed by atoms with Gasteiger partial charge in [0.15, 0.2) is 0 Å². The first-order valence-electron chi connectivity index (χ1n) is 11.0. The minimum atomic E-state index is -2.78. The number of carbonyl (C=O) groups excluding carboxylic acids is 1. The van der Waals surface area contributed by atoms with Crippen molar-refractivity contribution >= 4 is 28.3 Å². The Labute approximate surface area is 192 Å². The zero-order valence-electron chi connectivity index (χ0n) is 18.5. The van der Waals surface area contributed by atoms with Crippen molar-refractivity contribution in [3.63, 3.8) is 0 Å². The van der Waals surface area contributed by atoms with E-state index in [1.807, 2.05) is 6.07 Å². The van der Waals surface area contributed by atoms with Crippen LogP contribution < -0.4 is 9.80 Å². The molecule has 1 amide bonds. The molecular weight excluding hydrogens is 445 g/mol. The van der Waals surface area contributed by atoms with Crippen LogP contribution >= 0.6 is 0 Å². The maximum atomic E-state index is 15.6. The molecule has 2 aliphatic heterocycles. The molecule has 1 saturated heterocycles. The number of hydrogen-bond donors (Lipinski definition) is 1. The summed E-state index contributed by atoms with van der Waals surface area (Å²) in [6.07, 6.45) is 1.32. The fourth-order valence-corrected chi connectivity index (χ4v) is 5.14. The molecule has 1 N–H and O–H groups in total. The Morgan fingerprint density at radius 3 is 2.68 bits per heavy atom. The van der Waals surface area contributed by atoms with E-state index in [2.05, 4.69) is 15.1 Å². The van der Waals surface area contributed by atoms with Crippen LogP contribution in [0.3, 0.4) is 0 Å². The number of fused-ring (bicyclic) bond motifs is 2. The number of amides is 1. The number of alkyl halides is 2. The van der Waals surface area contributed by atoms with E-state index < -0.39 is 24.3 Å². The Morgan fingerprint density at radius 1 is 1.15 bits per heavy atom. The molecule has 1 atom stereocenters. The van der Waals surface area contributed by atoms with E-state index in [1.165, 1.54) is 15.6 Å². The molecule has 0 aliphatic carbocycles. The number of halogens is 3.